The van der Waals surface area contributed by atoms with Gasteiger partial charge in [0.25, 0.3) is 0 Å². The van der Waals surface area contributed by atoms with E-state index < -0.39 is 4.92 Å². The Balaban J connectivity index is 1.81. The van der Waals surface area contributed by atoms with Gasteiger partial charge in [0.15, 0.2) is 0 Å². The number of nitrogens with zero attached hydrogens (tertiary/aromatic N) is 4. The van der Waals surface area contributed by atoms with E-state index in [-0.39, 0.29) is 5.82 Å². The third-order valence-electron chi connectivity index (χ3n) is 3.79. The van der Waals surface area contributed by atoms with Gasteiger partial charge in [-0.05, 0) is 34.0 Å². The van der Waals surface area contributed by atoms with Crippen molar-refractivity contribution >= 4 is 32.7 Å². The Kier molecular flexibility index (Phi) is 4.68. The van der Waals surface area contributed by atoms with Gasteiger partial charge in [0.05, 0.1) is 11.3 Å². The molecule has 1 aromatic carbocycles. The fourth-order valence-electron chi connectivity index (χ4n) is 2.76. The molecule has 0 saturated heterocycles. The molecule has 0 bridgehead atoms. The van der Waals surface area contributed by atoms with Crippen molar-refractivity contribution in [2.75, 3.05) is 7.05 Å². The minimum atomic E-state index is -0.501. The van der Waals surface area contributed by atoms with E-state index in [0.29, 0.717) is 17.7 Å². The van der Waals surface area contributed by atoms with E-state index in [1.165, 1.54) is 0 Å². The van der Waals surface area contributed by atoms with Crippen molar-refractivity contribution in [2.45, 2.75) is 26.6 Å². The van der Waals surface area contributed by atoms with Crippen LogP contribution in [-0.4, -0.2) is 26.7 Å². The summed E-state index contributed by atoms with van der Waals surface area (Å²) < 4.78 is 7.84. The summed E-state index contributed by atoms with van der Waals surface area (Å²) in [5.41, 5.74) is 2.03. The molecule has 0 unspecified atom stereocenters. The highest BCUT2D eigenvalue weighted by Gasteiger charge is 2.20. The van der Waals surface area contributed by atoms with E-state index in [1.807, 2.05) is 30.1 Å². The van der Waals surface area contributed by atoms with Gasteiger partial charge in [-0.1, -0.05) is 25.1 Å². The topological polar surface area (TPSA) is 77.3 Å². The Hall–Kier alpha value is -2.19. The molecule has 0 amide bonds. The summed E-state index contributed by atoms with van der Waals surface area (Å²) in [5.74, 6) is 0.794. The van der Waals surface area contributed by atoms with Crippen molar-refractivity contribution in [1.29, 1.82) is 0 Å². The van der Waals surface area contributed by atoms with E-state index >= 15 is 0 Å². The van der Waals surface area contributed by atoms with Gasteiger partial charge < -0.3 is 14.5 Å². The van der Waals surface area contributed by atoms with E-state index in [1.54, 1.807) is 10.9 Å². The van der Waals surface area contributed by atoms with Gasteiger partial charge in [0, 0.05) is 23.9 Å². The number of hydrogen-bond donors (Lipinski definition) is 0. The third-order valence-corrected chi connectivity index (χ3v) is 4.35. The Bertz CT molecular complexity index is 887. The van der Waals surface area contributed by atoms with E-state index in [0.717, 1.165) is 28.7 Å². The van der Waals surface area contributed by atoms with Gasteiger partial charge in [-0.25, -0.2) is 0 Å². The molecule has 3 rings (SSSR count). The van der Waals surface area contributed by atoms with Crippen LogP contribution in [0.2, 0.25) is 0 Å². The molecule has 7 nitrogen and oxygen atoms in total. The van der Waals surface area contributed by atoms with E-state index in [4.69, 9.17) is 4.42 Å². The maximum absolute atomic E-state index is 10.9. The van der Waals surface area contributed by atoms with Crippen molar-refractivity contribution in [3.63, 3.8) is 0 Å². The van der Waals surface area contributed by atoms with Gasteiger partial charge in [-0.2, -0.15) is 4.68 Å². The minimum absolute atomic E-state index is 0.175. The average molecular weight is 393 g/mol. The van der Waals surface area contributed by atoms with Crippen LogP contribution in [0.4, 0.5) is 5.82 Å². The van der Waals surface area contributed by atoms with Gasteiger partial charge in [0.2, 0.25) is 0 Å². The van der Waals surface area contributed by atoms with Crippen LogP contribution in [0.15, 0.2) is 39.4 Å². The fourth-order valence-corrected chi connectivity index (χ4v) is 3.22. The Morgan fingerprint density at radius 2 is 2.17 bits per heavy atom. The molecule has 0 atom stereocenters. The van der Waals surface area contributed by atoms with Crippen LogP contribution in [-0.2, 0) is 19.6 Å². The predicted molar refractivity (Wildman–Crippen MR) is 93.6 cm³/mol. The molecule has 8 heteroatoms. The van der Waals surface area contributed by atoms with E-state index in [9.17, 15) is 10.1 Å². The zero-order chi connectivity index (χ0) is 17.3. The summed E-state index contributed by atoms with van der Waals surface area (Å²) in [6.07, 6.45) is 2.43. The highest BCUT2D eigenvalue weighted by molar-refractivity contribution is 9.10. The van der Waals surface area contributed by atoms with Crippen LogP contribution < -0.4 is 0 Å². The molecule has 24 heavy (non-hydrogen) atoms. The van der Waals surface area contributed by atoms with Crippen LogP contribution in [0, 0.1) is 10.1 Å². The molecule has 0 fully saturated rings. The number of para-hydroxylation sites is 1. The lowest BCUT2D eigenvalue weighted by Crippen LogP contribution is -2.22. The number of aromatic nitrogens is 2. The van der Waals surface area contributed by atoms with Crippen LogP contribution in [0.25, 0.3) is 11.0 Å². The number of fused-ring (bicyclic) bond motifs is 1. The molecule has 0 spiro atoms. The van der Waals surface area contributed by atoms with Gasteiger partial charge in [-0.3, -0.25) is 4.90 Å². The molecule has 0 radical (unpaired) electrons. The lowest BCUT2D eigenvalue weighted by atomic mass is 10.1. The summed E-state index contributed by atoms with van der Waals surface area (Å²) in [6, 6.07) is 7.97. The van der Waals surface area contributed by atoms with Crippen molar-refractivity contribution in [1.82, 2.24) is 14.7 Å². The maximum Gasteiger partial charge on any atom is 0.404 e. The quantitative estimate of drug-likeness (QED) is 0.468. The fraction of sp³-hybridized carbons (Fsp3) is 0.312. The molecule has 2 aromatic heterocycles. The predicted octanol–water partition coefficient (Wildman–Crippen LogP) is 3.95. The summed E-state index contributed by atoms with van der Waals surface area (Å²) in [7, 11) is 1.95. The Labute approximate surface area is 147 Å². The first-order valence-electron chi connectivity index (χ1n) is 7.54. The second-order valence-corrected chi connectivity index (χ2v) is 6.46. The SMILES string of the molecule is CCc1oc2ccccc2c1CN(C)Cn1cc(Br)c([N+](=O)[O-])n1. The lowest BCUT2D eigenvalue weighted by molar-refractivity contribution is -0.390. The zero-order valence-electron chi connectivity index (χ0n) is 13.4. The monoisotopic (exact) mass is 392 g/mol. The summed E-state index contributed by atoms with van der Waals surface area (Å²) in [6.45, 7) is 3.18. The Morgan fingerprint density at radius 3 is 2.83 bits per heavy atom. The molecule has 0 aliphatic rings. The number of rotatable bonds is 6. The summed E-state index contributed by atoms with van der Waals surface area (Å²) in [5, 5.41) is 16.0. The number of furan rings is 1. The highest BCUT2D eigenvalue weighted by atomic mass is 79.9. The summed E-state index contributed by atoms with van der Waals surface area (Å²) >= 11 is 3.17. The molecule has 0 N–H and O–H groups in total. The van der Waals surface area contributed by atoms with Gasteiger partial charge >= 0.3 is 5.82 Å². The molecule has 126 valence electrons. The molecular weight excluding hydrogens is 376 g/mol. The highest BCUT2D eigenvalue weighted by Crippen LogP contribution is 2.28. The van der Waals surface area contributed by atoms with Crippen molar-refractivity contribution in [3.05, 3.63) is 56.4 Å². The molecule has 3 aromatic rings. The van der Waals surface area contributed by atoms with Crippen LogP contribution in [0.3, 0.4) is 0 Å². The first kappa shape index (κ1) is 16.7. The molecule has 2 heterocycles. The van der Waals surface area contributed by atoms with Crippen molar-refractivity contribution in [2.24, 2.45) is 0 Å². The number of hydrogen-bond acceptors (Lipinski definition) is 5. The van der Waals surface area contributed by atoms with Crippen LogP contribution in [0.5, 0.6) is 0 Å². The summed E-state index contributed by atoms with van der Waals surface area (Å²) in [4.78, 5) is 12.4. The smallest absolute Gasteiger partial charge is 0.404 e. The van der Waals surface area contributed by atoms with Gasteiger partial charge in [0.1, 0.15) is 22.5 Å². The maximum atomic E-state index is 10.9. The lowest BCUT2D eigenvalue weighted by Gasteiger charge is -2.15. The normalized spacial score (nSPS) is 11.5. The number of halogens is 1. The van der Waals surface area contributed by atoms with Crippen LogP contribution in [0.1, 0.15) is 18.2 Å². The largest absolute Gasteiger partial charge is 0.461 e. The molecule has 0 aliphatic carbocycles. The van der Waals surface area contributed by atoms with Crippen molar-refractivity contribution < 1.29 is 9.34 Å². The average Bonchev–Trinajstić information content (AvgIpc) is 3.08. The van der Waals surface area contributed by atoms with E-state index in [2.05, 4.69) is 34.0 Å². The molecule has 0 aliphatic heterocycles. The molecule has 0 saturated carbocycles. The number of aryl methyl sites for hydroxylation is 1. The second-order valence-electron chi connectivity index (χ2n) is 5.61. The third kappa shape index (κ3) is 3.20. The van der Waals surface area contributed by atoms with Gasteiger partial charge in [-0.15, -0.1) is 0 Å². The van der Waals surface area contributed by atoms with Crippen LogP contribution >= 0.6 is 15.9 Å². The number of nitro groups is 1. The minimum Gasteiger partial charge on any atom is -0.461 e. The number of benzene rings is 1. The Morgan fingerprint density at radius 1 is 1.42 bits per heavy atom. The molecular formula is C16H17BrN4O3. The first-order valence-corrected chi connectivity index (χ1v) is 8.34. The standard InChI is InChI=1S/C16H17BrN4O3/c1-3-14-12(11-6-4-5-7-15(11)24-14)8-19(2)10-20-9-13(17)16(18-20)21(22)23/h4-7,9H,3,8,10H2,1-2H3. The van der Waals surface area contributed by atoms with Crippen molar-refractivity contribution in [3.8, 4) is 0 Å². The second kappa shape index (κ2) is 6.74. The first-order chi connectivity index (χ1) is 11.5. The zero-order valence-corrected chi connectivity index (χ0v) is 15.0.